The van der Waals surface area contributed by atoms with Gasteiger partial charge in [0.05, 0.1) is 30.4 Å². The SMILES string of the molecule is COc1ccc(Cl)cc1NC(=O)NCc1nn(C)c(=O)c2ccccc12. The van der Waals surface area contributed by atoms with E-state index < -0.39 is 6.03 Å². The number of aryl methyl sites for hydroxylation is 1. The summed E-state index contributed by atoms with van der Waals surface area (Å²) in [5.41, 5.74) is 0.865. The van der Waals surface area contributed by atoms with Gasteiger partial charge >= 0.3 is 6.03 Å². The average molecular weight is 373 g/mol. The van der Waals surface area contributed by atoms with Gasteiger partial charge < -0.3 is 15.4 Å². The number of fused-ring (bicyclic) bond motifs is 1. The Morgan fingerprint density at radius 2 is 1.96 bits per heavy atom. The number of ether oxygens (including phenoxy) is 1. The standard InChI is InChI=1S/C18H17ClN4O3/c1-23-17(24)13-6-4-3-5-12(13)15(22-23)10-20-18(25)21-14-9-11(19)7-8-16(14)26-2/h3-9H,10H2,1-2H3,(H2,20,21,25). The minimum Gasteiger partial charge on any atom is -0.495 e. The van der Waals surface area contributed by atoms with E-state index in [2.05, 4.69) is 15.7 Å². The summed E-state index contributed by atoms with van der Waals surface area (Å²) in [6.45, 7) is 0.156. The van der Waals surface area contributed by atoms with Crippen molar-refractivity contribution in [2.24, 2.45) is 7.05 Å². The number of anilines is 1. The molecule has 0 atom stereocenters. The van der Waals surface area contributed by atoms with Crippen molar-refractivity contribution in [2.45, 2.75) is 6.54 Å². The van der Waals surface area contributed by atoms with Crippen LogP contribution in [0.25, 0.3) is 10.8 Å². The molecule has 0 bridgehead atoms. The molecule has 3 rings (SSSR count). The van der Waals surface area contributed by atoms with Crippen molar-refractivity contribution in [1.82, 2.24) is 15.1 Å². The van der Waals surface area contributed by atoms with E-state index in [0.717, 1.165) is 0 Å². The average Bonchev–Trinajstić information content (AvgIpc) is 2.64. The van der Waals surface area contributed by atoms with E-state index in [1.165, 1.54) is 11.8 Å². The molecule has 7 nitrogen and oxygen atoms in total. The number of halogens is 1. The maximum atomic E-state index is 12.2. The van der Waals surface area contributed by atoms with Gasteiger partial charge in [0, 0.05) is 17.5 Å². The smallest absolute Gasteiger partial charge is 0.319 e. The first-order chi connectivity index (χ1) is 12.5. The van der Waals surface area contributed by atoms with E-state index in [4.69, 9.17) is 16.3 Å². The number of benzene rings is 2. The number of urea groups is 1. The number of amides is 2. The number of carbonyl (C=O) groups excluding carboxylic acids is 1. The zero-order valence-electron chi connectivity index (χ0n) is 14.2. The molecular formula is C18H17ClN4O3. The third kappa shape index (κ3) is 3.62. The van der Waals surface area contributed by atoms with Crippen molar-refractivity contribution in [1.29, 1.82) is 0 Å². The fourth-order valence-electron chi connectivity index (χ4n) is 2.61. The zero-order valence-corrected chi connectivity index (χ0v) is 15.0. The summed E-state index contributed by atoms with van der Waals surface area (Å²) in [4.78, 5) is 24.4. The van der Waals surface area contributed by atoms with E-state index in [-0.39, 0.29) is 12.1 Å². The number of nitrogens with one attached hydrogen (secondary N) is 2. The molecule has 134 valence electrons. The molecule has 26 heavy (non-hydrogen) atoms. The minimum absolute atomic E-state index is 0.156. The third-order valence-corrected chi connectivity index (χ3v) is 4.09. The summed E-state index contributed by atoms with van der Waals surface area (Å²) in [6.07, 6.45) is 0. The fraction of sp³-hybridized carbons (Fsp3) is 0.167. The molecule has 0 aliphatic rings. The highest BCUT2D eigenvalue weighted by Gasteiger charge is 2.11. The van der Waals surface area contributed by atoms with Crippen LogP contribution in [-0.4, -0.2) is 22.9 Å². The molecule has 0 saturated heterocycles. The fourth-order valence-corrected chi connectivity index (χ4v) is 2.79. The summed E-state index contributed by atoms with van der Waals surface area (Å²) in [7, 11) is 3.09. The second kappa shape index (κ2) is 7.45. The van der Waals surface area contributed by atoms with Gasteiger partial charge in [0.2, 0.25) is 0 Å². The van der Waals surface area contributed by atoms with Gasteiger partial charge in [0.15, 0.2) is 0 Å². The molecule has 2 N–H and O–H groups in total. The van der Waals surface area contributed by atoms with Gasteiger partial charge in [-0.05, 0) is 24.3 Å². The van der Waals surface area contributed by atoms with Crippen LogP contribution in [0, 0.1) is 0 Å². The molecule has 0 spiro atoms. The van der Waals surface area contributed by atoms with Gasteiger partial charge in [-0.2, -0.15) is 5.10 Å². The maximum Gasteiger partial charge on any atom is 0.319 e. The quantitative estimate of drug-likeness (QED) is 0.737. The maximum absolute atomic E-state index is 12.2. The topological polar surface area (TPSA) is 85.2 Å². The van der Waals surface area contributed by atoms with Crippen LogP contribution in [0.3, 0.4) is 0 Å². The van der Waals surface area contributed by atoms with E-state index in [0.29, 0.717) is 32.9 Å². The molecule has 0 unspecified atom stereocenters. The molecule has 2 amide bonds. The lowest BCUT2D eigenvalue weighted by Gasteiger charge is -2.12. The predicted molar refractivity (Wildman–Crippen MR) is 101 cm³/mol. The molecule has 0 fully saturated rings. The molecule has 0 saturated carbocycles. The lowest BCUT2D eigenvalue weighted by molar-refractivity contribution is 0.251. The Labute approximate surface area is 154 Å². The molecular weight excluding hydrogens is 356 g/mol. The number of nitrogens with zero attached hydrogens (tertiary/aromatic N) is 2. The van der Waals surface area contributed by atoms with Crippen LogP contribution < -0.4 is 20.9 Å². The van der Waals surface area contributed by atoms with Crippen LogP contribution >= 0.6 is 11.6 Å². The van der Waals surface area contributed by atoms with Crippen LogP contribution in [-0.2, 0) is 13.6 Å². The van der Waals surface area contributed by atoms with E-state index in [9.17, 15) is 9.59 Å². The van der Waals surface area contributed by atoms with Crippen molar-refractivity contribution >= 4 is 34.1 Å². The van der Waals surface area contributed by atoms with Crippen molar-refractivity contribution < 1.29 is 9.53 Å². The molecule has 0 aliphatic heterocycles. The molecule has 0 radical (unpaired) electrons. The van der Waals surface area contributed by atoms with Crippen molar-refractivity contribution in [2.75, 3.05) is 12.4 Å². The van der Waals surface area contributed by atoms with Gasteiger partial charge in [-0.1, -0.05) is 29.8 Å². The molecule has 1 heterocycles. The monoisotopic (exact) mass is 372 g/mol. The van der Waals surface area contributed by atoms with Crippen molar-refractivity contribution in [3.8, 4) is 5.75 Å². The van der Waals surface area contributed by atoms with Crippen LogP contribution in [0.5, 0.6) is 5.75 Å². The number of rotatable bonds is 4. The van der Waals surface area contributed by atoms with Crippen LogP contribution in [0.2, 0.25) is 5.02 Å². The first-order valence-electron chi connectivity index (χ1n) is 7.83. The lowest BCUT2D eigenvalue weighted by Crippen LogP contribution is -2.30. The Balaban J connectivity index is 1.79. The Kier molecular flexibility index (Phi) is 5.09. The normalized spacial score (nSPS) is 10.6. The summed E-state index contributed by atoms with van der Waals surface area (Å²) < 4.78 is 6.46. The summed E-state index contributed by atoms with van der Waals surface area (Å²) >= 11 is 5.96. The van der Waals surface area contributed by atoms with Gasteiger partial charge in [-0.3, -0.25) is 4.79 Å². The first kappa shape index (κ1) is 17.8. The van der Waals surface area contributed by atoms with E-state index >= 15 is 0 Å². The number of aromatic nitrogens is 2. The van der Waals surface area contributed by atoms with Crippen LogP contribution in [0.4, 0.5) is 10.5 Å². The highest BCUT2D eigenvalue weighted by Crippen LogP contribution is 2.27. The van der Waals surface area contributed by atoms with E-state index in [1.807, 2.05) is 6.07 Å². The zero-order chi connectivity index (χ0) is 18.7. The van der Waals surface area contributed by atoms with Gasteiger partial charge in [0.25, 0.3) is 5.56 Å². The summed E-state index contributed by atoms with van der Waals surface area (Å²) in [5, 5.41) is 11.4. The Hall–Kier alpha value is -3.06. The Bertz CT molecular complexity index is 1030. The molecule has 2 aromatic carbocycles. The third-order valence-electron chi connectivity index (χ3n) is 3.86. The number of hydrogen-bond acceptors (Lipinski definition) is 4. The highest BCUT2D eigenvalue weighted by molar-refractivity contribution is 6.31. The minimum atomic E-state index is -0.440. The second-order valence-corrected chi connectivity index (χ2v) is 6.01. The molecule has 3 aromatic rings. The predicted octanol–water partition coefficient (Wildman–Crippen LogP) is 2.92. The molecule has 8 heteroatoms. The van der Waals surface area contributed by atoms with Gasteiger partial charge in [-0.15, -0.1) is 0 Å². The molecule has 1 aromatic heterocycles. The first-order valence-corrected chi connectivity index (χ1v) is 8.20. The van der Waals surface area contributed by atoms with Crippen LogP contribution in [0.15, 0.2) is 47.3 Å². The number of carbonyl (C=O) groups is 1. The van der Waals surface area contributed by atoms with Crippen molar-refractivity contribution in [3.63, 3.8) is 0 Å². The number of methoxy groups -OCH3 is 1. The van der Waals surface area contributed by atoms with Crippen LogP contribution in [0.1, 0.15) is 5.69 Å². The van der Waals surface area contributed by atoms with Gasteiger partial charge in [0.1, 0.15) is 5.75 Å². The lowest BCUT2D eigenvalue weighted by atomic mass is 10.1. The second-order valence-electron chi connectivity index (χ2n) is 5.57. The van der Waals surface area contributed by atoms with E-state index in [1.54, 1.807) is 43.4 Å². The van der Waals surface area contributed by atoms with Crippen molar-refractivity contribution in [3.05, 3.63) is 63.5 Å². The highest BCUT2D eigenvalue weighted by atomic mass is 35.5. The molecule has 0 aliphatic carbocycles. The number of hydrogen-bond donors (Lipinski definition) is 2. The summed E-state index contributed by atoms with van der Waals surface area (Å²) in [5.74, 6) is 0.496. The largest absolute Gasteiger partial charge is 0.495 e. The summed E-state index contributed by atoms with van der Waals surface area (Å²) in [6, 6.07) is 11.6. The van der Waals surface area contributed by atoms with Gasteiger partial charge in [-0.25, -0.2) is 9.48 Å². The Morgan fingerprint density at radius 3 is 2.69 bits per heavy atom. The Morgan fingerprint density at radius 1 is 1.23 bits per heavy atom.